The fourth-order valence-electron chi connectivity index (χ4n) is 2.78. The van der Waals surface area contributed by atoms with E-state index in [1.54, 1.807) is 7.11 Å². The molecule has 1 amide bonds. The zero-order valence-electron chi connectivity index (χ0n) is 16.8. The van der Waals surface area contributed by atoms with E-state index in [0.717, 1.165) is 35.0 Å². The van der Waals surface area contributed by atoms with E-state index in [9.17, 15) is 4.79 Å². The lowest BCUT2D eigenvalue weighted by Crippen LogP contribution is -2.29. The molecular weight excluding hydrogens is 450 g/mol. The van der Waals surface area contributed by atoms with Crippen LogP contribution in [0.25, 0.3) is 11.4 Å². The molecule has 1 aromatic heterocycles. The van der Waals surface area contributed by atoms with Crippen molar-refractivity contribution < 1.29 is 18.8 Å². The Bertz CT molecular complexity index is 944. The summed E-state index contributed by atoms with van der Waals surface area (Å²) >= 11 is 3.37. The minimum atomic E-state index is -0.129. The average molecular weight is 474 g/mol. The molecule has 3 rings (SSSR count). The smallest absolute Gasteiger partial charge is 0.257 e. The maximum Gasteiger partial charge on any atom is 0.257 e. The van der Waals surface area contributed by atoms with Crippen molar-refractivity contribution in [3.63, 3.8) is 0 Å². The Hall–Kier alpha value is -2.87. The molecule has 0 radical (unpaired) electrons. The second-order valence-corrected chi connectivity index (χ2v) is 7.56. The third-order valence-corrected chi connectivity index (χ3v) is 4.87. The molecule has 0 spiro atoms. The van der Waals surface area contributed by atoms with E-state index in [0.29, 0.717) is 30.4 Å². The molecule has 0 fully saturated rings. The number of nitrogens with one attached hydrogen (secondary N) is 1. The summed E-state index contributed by atoms with van der Waals surface area (Å²) in [4.78, 5) is 16.3. The molecular formula is C22H24BrN3O4. The molecule has 1 N–H and O–H groups in total. The Morgan fingerprint density at radius 1 is 1.10 bits per heavy atom. The first-order valence-corrected chi connectivity index (χ1v) is 10.6. The van der Waals surface area contributed by atoms with Crippen LogP contribution in [0.3, 0.4) is 0 Å². The number of methoxy groups -OCH3 is 1. The highest BCUT2D eigenvalue weighted by Gasteiger charge is 2.09. The van der Waals surface area contributed by atoms with E-state index >= 15 is 0 Å². The monoisotopic (exact) mass is 473 g/mol. The molecule has 0 bridgehead atoms. The van der Waals surface area contributed by atoms with Gasteiger partial charge >= 0.3 is 0 Å². The number of hydrogen-bond donors (Lipinski definition) is 1. The number of halogens is 1. The number of carbonyl (C=O) groups excluding carboxylic acids is 1. The molecule has 30 heavy (non-hydrogen) atoms. The summed E-state index contributed by atoms with van der Waals surface area (Å²) in [6.07, 6.45) is 3.45. The van der Waals surface area contributed by atoms with Crippen molar-refractivity contribution in [2.75, 3.05) is 20.3 Å². The predicted molar refractivity (Wildman–Crippen MR) is 116 cm³/mol. The normalized spacial score (nSPS) is 10.6. The van der Waals surface area contributed by atoms with Crippen LogP contribution in [-0.4, -0.2) is 36.3 Å². The molecule has 0 atom stereocenters. The van der Waals surface area contributed by atoms with Gasteiger partial charge in [0.1, 0.15) is 11.5 Å². The van der Waals surface area contributed by atoms with Gasteiger partial charge in [-0.3, -0.25) is 4.79 Å². The number of nitrogens with zero attached hydrogens (tertiary/aromatic N) is 2. The van der Waals surface area contributed by atoms with Crippen LogP contribution in [0.1, 0.15) is 25.2 Å². The van der Waals surface area contributed by atoms with Crippen molar-refractivity contribution in [3.8, 4) is 22.9 Å². The highest BCUT2D eigenvalue weighted by Crippen LogP contribution is 2.20. The molecule has 7 nitrogen and oxygen atoms in total. The molecule has 0 saturated carbocycles. The van der Waals surface area contributed by atoms with Gasteiger partial charge in [-0.25, -0.2) is 0 Å². The van der Waals surface area contributed by atoms with Gasteiger partial charge in [-0.1, -0.05) is 33.6 Å². The third kappa shape index (κ3) is 6.88. The van der Waals surface area contributed by atoms with Gasteiger partial charge in [-0.15, -0.1) is 0 Å². The van der Waals surface area contributed by atoms with E-state index in [-0.39, 0.29) is 12.5 Å². The van der Waals surface area contributed by atoms with Gasteiger partial charge in [0.2, 0.25) is 11.7 Å². The highest BCUT2D eigenvalue weighted by atomic mass is 79.9. The van der Waals surface area contributed by atoms with Gasteiger partial charge in [-0.2, -0.15) is 4.98 Å². The molecule has 0 aliphatic rings. The van der Waals surface area contributed by atoms with E-state index in [2.05, 4.69) is 31.4 Å². The van der Waals surface area contributed by atoms with Crippen LogP contribution in [0.15, 0.2) is 57.5 Å². The number of aryl methyl sites for hydroxylation is 1. The fraction of sp³-hybridized carbons (Fsp3) is 0.318. The van der Waals surface area contributed by atoms with Crippen molar-refractivity contribution in [1.82, 2.24) is 15.5 Å². The molecule has 2 aromatic carbocycles. The minimum absolute atomic E-state index is 0.00652. The first kappa shape index (κ1) is 21.8. The summed E-state index contributed by atoms with van der Waals surface area (Å²) in [5.74, 6) is 2.51. The van der Waals surface area contributed by atoms with Crippen molar-refractivity contribution in [1.29, 1.82) is 0 Å². The molecule has 3 aromatic rings. The van der Waals surface area contributed by atoms with Crippen molar-refractivity contribution >= 4 is 21.8 Å². The van der Waals surface area contributed by atoms with Crippen LogP contribution in [0.4, 0.5) is 0 Å². The van der Waals surface area contributed by atoms with E-state index < -0.39 is 0 Å². The van der Waals surface area contributed by atoms with Gasteiger partial charge in [0.25, 0.3) is 5.91 Å². The van der Waals surface area contributed by atoms with Gasteiger partial charge in [0.15, 0.2) is 6.61 Å². The number of aromatic nitrogens is 2. The van der Waals surface area contributed by atoms with Gasteiger partial charge in [0.05, 0.1) is 7.11 Å². The van der Waals surface area contributed by atoms with E-state index in [4.69, 9.17) is 14.0 Å². The fourth-order valence-corrected chi connectivity index (χ4v) is 3.15. The van der Waals surface area contributed by atoms with Gasteiger partial charge < -0.3 is 19.3 Å². The molecule has 0 unspecified atom stereocenters. The van der Waals surface area contributed by atoms with Crippen molar-refractivity contribution in [3.05, 3.63) is 58.9 Å². The maximum absolute atomic E-state index is 11.8. The van der Waals surface area contributed by atoms with Crippen LogP contribution in [0, 0.1) is 0 Å². The minimum Gasteiger partial charge on any atom is -0.497 e. The largest absolute Gasteiger partial charge is 0.497 e. The summed E-state index contributed by atoms with van der Waals surface area (Å²) in [5, 5.41) is 6.89. The lowest BCUT2D eigenvalue weighted by Gasteiger charge is -2.07. The maximum atomic E-state index is 11.8. The number of ether oxygens (including phenoxy) is 2. The van der Waals surface area contributed by atoms with Crippen molar-refractivity contribution in [2.45, 2.75) is 25.7 Å². The number of amides is 1. The van der Waals surface area contributed by atoms with Crippen LogP contribution in [0.2, 0.25) is 0 Å². The second kappa shape index (κ2) is 11.3. The van der Waals surface area contributed by atoms with E-state index in [1.807, 2.05) is 48.5 Å². The first-order valence-electron chi connectivity index (χ1n) is 9.76. The molecule has 0 saturated heterocycles. The summed E-state index contributed by atoms with van der Waals surface area (Å²) < 4.78 is 16.8. The van der Waals surface area contributed by atoms with Gasteiger partial charge in [-0.05, 0) is 55.3 Å². The topological polar surface area (TPSA) is 86.5 Å². The summed E-state index contributed by atoms with van der Waals surface area (Å²) in [7, 11) is 1.63. The summed E-state index contributed by atoms with van der Waals surface area (Å²) in [5.41, 5.74) is 0.888. The number of rotatable bonds is 11. The van der Waals surface area contributed by atoms with Crippen LogP contribution in [-0.2, 0) is 11.2 Å². The summed E-state index contributed by atoms with van der Waals surface area (Å²) in [6.45, 7) is 0.619. The number of unbranched alkanes of at least 4 members (excludes halogenated alkanes) is 2. The van der Waals surface area contributed by atoms with Crippen LogP contribution >= 0.6 is 15.9 Å². The second-order valence-electron chi connectivity index (χ2n) is 6.65. The third-order valence-electron chi connectivity index (χ3n) is 4.37. The summed E-state index contributed by atoms with van der Waals surface area (Å²) in [6, 6.07) is 14.9. The Morgan fingerprint density at radius 2 is 1.93 bits per heavy atom. The Balaban J connectivity index is 1.29. The van der Waals surface area contributed by atoms with Gasteiger partial charge in [0, 0.05) is 23.0 Å². The predicted octanol–water partition coefficient (Wildman–Crippen LogP) is 4.42. The lowest BCUT2D eigenvalue weighted by atomic mass is 10.2. The number of carbonyl (C=O) groups is 1. The SMILES string of the molecule is COc1ccc(-c2noc(CCCCCNC(=O)COc3cccc(Br)c3)n2)cc1. The molecule has 158 valence electrons. The number of hydrogen-bond acceptors (Lipinski definition) is 6. The van der Waals surface area contributed by atoms with Crippen LogP contribution in [0.5, 0.6) is 11.5 Å². The van der Waals surface area contributed by atoms with Crippen LogP contribution < -0.4 is 14.8 Å². The lowest BCUT2D eigenvalue weighted by molar-refractivity contribution is -0.123. The quantitative estimate of drug-likeness (QED) is 0.415. The zero-order chi connectivity index (χ0) is 21.2. The molecule has 1 heterocycles. The van der Waals surface area contributed by atoms with E-state index in [1.165, 1.54) is 0 Å². The Labute approximate surface area is 183 Å². The van der Waals surface area contributed by atoms with Crippen molar-refractivity contribution in [2.24, 2.45) is 0 Å². The Kier molecular flexibility index (Phi) is 8.26. The molecule has 0 aliphatic carbocycles. The average Bonchev–Trinajstić information content (AvgIpc) is 3.24. The standard InChI is InChI=1S/C22H24BrN3O4/c1-28-18-11-9-16(10-12-18)22-25-21(30-26-22)8-3-2-4-13-24-20(27)15-29-19-7-5-6-17(23)14-19/h5-7,9-12,14H,2-4,8,13,15H2,1H3,(H,24,27). The zero-order valence-corrected chi connectivity index (χ0v) is 18.4. The molecule has 8 heteroatoms. The first-order chi connectivity index (χ1) is 14.6. The highest BCUT2D eigenvalue weighted by molar-refractivity contribution is 9.10. The number of benzene rings is 2. The Morgan fingerprint density at radius 3 is 2.70 bits per heavy atom. The molecule has 0 aliphatic heterocycles.